The molecular formula is C18H14N4. The Morgan fingerprint density at radius 2 is 1.41 bits per heavy atom. The largest absolute Gasteiger partial charge is 0.318 e. The van der Waals surface area contributed by atoms with Crippen LogP contribution in [0.15, 0.2) is 67.0 Å². The zero-order chi connectivity index (χ0) is 14.9. The molecule has 2 aromatic carbocycles. The number of benzene rings is 2. The molecule has 0 unspecified atom stereocenters. The summed E-state index contributed by atoms with van der Waals surface area (Å²) in [5.41, 5.74) is 4.58. The Balaban J connectivity index is 2.03. The Morgan fingerprint density at radius 1 is 0.773 bits per heavy atom. The Labute approximate surface area is 128 Å². The standard InChI is InChI=1S/C18H14N4/c1-22-12-19-16-15(13-8-4-2-5-9-13)20-17(21-18(16)22)14-10-6-3-7-11-14/h2-12H,1H3. The molecule has 0 aliphatic rings. The van der Waals surface area contributed by atoms with Gasteiger partial charge in [0, 0.05) is 18.2 Å². The molecular weight excluding hydrogens is 272 g/mol. The summed E-state index contributed by atoms with van der Waals surface area (Å²) in [5, 5.41) is 0. The van der Waals surface area contributed by atoms with Crippen LogP contribution in [0.2, 0.25) is 0 Å². The van der Waals surface area contributed by atoms with Crippen LogP contribution in [-0.4, -0.2) is 19.5 Å². The van der Waals surface area contributed by atoms with E-state index in [1.807, 2.05) is 72.3 Å². The third-order valence-electron chi connectivity index (χ3n) is 3.64. The number of hydrogen-bond donors (Lipinski definition) is 0. The quantitative estimate of drug-likeness (QED) is 0.564. The van der Waals surface area contributed by atoms with Crippen LogP contribution in [0.3, 0.4) is 0 Å². The van der Waals surface area contributed by atoms with E-state index in [-0.39, 0.29) is 0 Å². The Kier molecular flexibility index (Phi) is 2.93. The molecule has 4 rings (SSSR count). The fourth-order valence-corrected chi connectivity index (χ4v) is 2.52. The van der Waals surface area contributed by atoms with Crippen LogP contribution in [0.5, 0.6) is 0 Å². The van der Waals surface area contributed by atoms with Gasteiger partial charge in [-0.2, -0.15) is 0 Å². The maximum atomic E-state index is 4.77. The van der Waals surface area contributed by atoms with Crippen LogP contribution < -0.4 is 0 Å². The van der Waals surface area contributed by atoms with E-state index >= 15 is 0 Å². The normalized spacial score (nSPS) is 11.0. The first kappa shape index (κ1) is 12.7. The second-order valence-electron chi connectivity index (χ2n) is 5.16. The zero-order valence-electron chi connectivity index (χ0n) is 12.1. The van der Waals surface area contributed by atoms with Crippen LogP contribution in [0.25, 0.3) is 33.8 Å². The van der Waals surface area contributed by atoms with Crippen molar-refractivity contribution in [3.8, 4) is 22.6 Å². The van der Waals surface area contributed by atoms with Crippen molar-refractivity contribution in [2.45, 2.75) is 0 Å². The molecule has 4 heteroatoms. The fraction of sp³-hybridized carbons (Fsp3) is 0.0556. The predicted octanol–water partition coefficient (Wildman–Crippen LogP) is 3.70. The summed E-state index contributed by atoms with van der Waals surface area (Å²) in [6, 6.07) is 20.1. The average molecular weight is 286 g/mol. The van der Waals surface area contributed by atoms with E-state index in [0.29, 0.717) is 0 Å². The molecule has 0 fully saturated rings. The van der Waals surface area contributed by atoms with Crippen molar-refractivity contribution in [3.05, 3.63) is 67.0 Å². The van der Waals surface area contributed by atoms with Gasteiger partial charge in [0.15, 0.2) is 11.5 Å². The van der Waals surface area contributed by atoms with E-state index in [1.54, 1.807) is 6.33 Å². The first-order valence-electron chi connectivity index (χ1n) is 7.13. The van der Waals surface area contributed by atoms with Crippen LogP contribution >= 0.6 is 0 Å². The molecule has 0 radical (unpaired) electrons. The number of nitrogens with zero attached hydrogens (tertiary/aromatic N) is 4. The van der Waals surface area contributed by atoms with Crippen molar-refractivity contribution < 1.29 is 0 Å². The highest BCUT2D eigenvalue weighted by Gasteiger charge is 2.14. The Bertz CT molecular complexity index is 927. The number of fused-ring (bicyclic) bond motifs is 1. The second kappa shape index (κ2) is 5.07. The summed E-state index contributed by atoms with van der Waals surface area (Å²) < 4.78 is 1.93. The Hall–Kier alpha value is -3.01. The van der Waals surface area contributed by atoms with Gasteiger partial charge in [-0.1, -0.05) is 60.7 Å². The minimum atomic E-state index is 0.718. The molecule has 0 N–H and O–H groups in total. The summed E-state index contributed by atoms with van der Waals surface area (Å²) in [6.45, 7) is 0. The van der Waals surface area contributed by atoms with E-state index in [1.165, 1.54) is 0 Å². The van der Waals surface area contributed by atoms with Gasteiger partial charge in [0.2, 0.25) is 0 Å². The summed E-state index contributed by atoms with van der Waals surface area (Å²) >= 11 is 0. The fourth-order valence-electron chi connectivity index (χ4n) is 2.52. The molecule has 22 heavy (non-hydrogen) atoms. The molecule has 0 atom stereocenters. The van der Waals surface area contributed by atoms with E-state index in [4.69, 9.17) is 4.98 Å². The average Bonchev–Trinajstić information content (AvgIpc) is 2.97. The smallest absolute Gasteiger partial charge is 0.164 e. The summed E-state index contributed by atoms with van der Waals surface area (Å²) in [7, 11) is 1.95. The van der Waals surface area contributed by atoms with Gasteiger partial charge in [0.25, 0.3) is 0 Å². The molecule has 2 aromatic heterocycles. The minimum absolute atomic E-state index is 0.718. The summed E-state index contributed by atoms with van der Waals surface area (Å²) in [4.78, 5) is 13.9. The van der Waals surface area contributed by atoms with Gasteiger partial charge in [-0.3, -0.25) is 0 Å². The maximum absolute atomic E-state index is 4.77. The molecule has 0 aliphatic heterocycles. The molecule has 0 amide bonds. The molecule has 0 bridgehead atoms. The highest BCUT2D eigenvalue weighted by atomic mass is 15.1. The minimum Gasteiger partial charge on any atom is -0.318 e. The third-order valence-corrected chi connectivity index (χ3v) is 3.64. The molecule has 0 spiro atoms. The van der Waals surface area contributed by atoms with Gasteiger partial charge in [-0.25, -0.2) is 15.0 Å². The number of aromatic nitrogens is 4. The van der Waals surface area contributed by atoms with Crippen LogP contribution in [0.4, 0.5) is 0 Å². The van der Waals surface area contributed by atoms with Crippen molar-refractivity contribution >= 4 is 11.2 Å². The molecule has 106 valence electrons. The highest BCUT2D eigenvalue weighted by molar-refractivity contribution is 5.88. The second-order valence-corrected chi connectivity index (χ2v) is 5.16. The van der Waals surface area contributed by atoms with Gasteiger partial charge in [0.1, 0.15) is 11.2 Å². The highest BCUT2D eigenvalue weighted by Crippen LogP contribution is 2.27. The molecule has 0 saturated carbocycles. The van der Waals surface area contributed by atoms with E-state index < -0.39 is 0 Å². The number of imidazole rings is 1. The van der Waals surface area contributed by atoms with Gasteiger partial charge >= 0.3 is 0 Å². The molecule has 4 nitrogen and oxygen atoms in total. The van der Waals surface area contributed by atoms with Crippen molar-refractivity contribution in [3.63, 3.8) is 0 Å². The first-order chi connectivity index (χ1) is 10.8. The zero-order valence-corrected chi connectivity index (χ0v) is 12.1. The number of hydrogen-bond acceptors (Lipinski definition) is 3. The van der Waals surface area contributed by atoms with Crippen molar-refractivity contribution in [1.82, 2.24) is 19.5 Å². The lowest BCUT2D eigenvalue weighted by Crippen LogP contribution is -1.97. The lowest BCUT2D eigenvalue weighted by atomic mass is 10.1. The van der Waals surface area contributed by atoms with Gasteiger partial charge in [0.05, 0.1) is 6.33 Å². The molecule has 0 saturated heterocycles. The van der Waals surface area contributed by atoms with Crippen LogP contribution in [-0.2, 0) is 7.05 Å². The van der Waals surface area contributed by atoms with E-state index in [0.717, 1.165) is 33.8 Å². The SMILES string of the molecule is Cn1cnc2c(-c3ccccc3)nc(-c3ccccc3)nc21. The maximum Gasteiger partial charge on any atom is 0.164 e. The van der Waals surface area contributed by atoms with Gasteiger partial charge in [-0.05, 0) is 0 Å². The first-order valence-corrected chi connectivity index (χ1v) is 7.13. The topological polar surface area (TPSA) is 43.6 Å². The van der Waals surface area contributed by atoms with Crippen molar-refractivity contribution in [2.75, 3.05) is 0 Å². The predicted molar refractivity (Wildman–Crippen MR) is 87.2 cm³/mol. The van der Waals surface area contributed by atoms with Crippen LogP contribution in [0, 0.1) is 0 Å². The van der Waals surface area contributed by atoms with Gasteiger partial charge in [-0.15, -0.1) is 0 Å². The van der Waals surface area contributed by atoms with E-state index in [9.17, 15) is 0 Å². The molecule has 4 aromatic rings. The summed E-state index contributed by atoms with van der Waals surface area (Å²) in [6.07, 6.45) is 1.78. The lowest BCUT2D eigenvalue weighted by Gasteiger charge is -2.06. The van der Waals surface area contributed by atoms with Crippen molar-refractivity contribution in [1.29, 1.82) is 0 Å². The monoisotopic (exact) mass is 286 g/mol. The molecule has 0 aliphatic carbocycles. The Morgan fingerprint density at radius 3 is 2.09 bits per heavy atom. The number of aryl methyl sites for hydroxylation is 1. The molecule has 2 heterocycles. The van der Waals surface area contributed by atoms with E-state index in [2.05, 4.69) is 9.97 Å². The third kappa shape index (κ3) is 2.05. The summed E-state index contributed by atoms with van der Waals surface area (Å²) in [5.74, 6) is 0.718. The lowest BCUT2D eigenvalue weighted by molar-refractivity contribution is 0.929. The van der Waals surface area contributed by atoms with Gasteiger partial charge < -0.3 is 4.57 Å². The number of rotatable bonds is 2. The van der Waals surface area contributed by atoms with Crippen molar-refractivity contribution in [2.24, 2.45) is 7.05 Å². The van der Waals surface area contributed by atoms with Crippen LogP contribution in [0.1, 0.15) is 0 Å².